The summed E-state index contributed by atoms with van der Waals surface area (Å²) in [6, 6.07) is 17.1. The fourth-order valence-electron chi connectivity index (χ4n) is 5.69. The molecule has 0 atom stereocenters. The van der Waals surface area contributed by atoms with Crippen molar-refractivity contribution in [3.05, 3.63) is 82.3 Å². The van der Waals surface area contributed by atoms with Gasteiger partial charge in [0.2, 0.25) is 0 Å². The smallest absolute Gasteiger partial charge is 0.266 e. The van der Waals surface area contributed by atoms with Crippen molar-refractivity contribution in [1.82, 2.24) is 29.3 Å². The Kier molecular flexibility index (Phi) is 5.55. The van der Waals surface area contributed by atoms with Crippen molar-refractivity contribution in [2.75, 3.05) is 5.73 Å². The number of hydrogen-bond acceptors (Lipinski definition) is 6. The van der Waals surface area contributed by atoms with Crippen LogP contribution in [0.2, 0.25) is 0 Å². The molecule has 0 saturated heterocycles. The highest BCUT2D eigenvalue weighted by Gasteiger charge is 2.36. The largest absolute Gasteiger partial charge is 0.383 e. The van der Waals surface area contributed by atoms with Crippen molar-refractivity contribution in [2.24, 2.45) is 0 Å². The third-order valence-electron chi connectivity index (χ3n) is 7.55. The molecule has 0 radical (unpaired) electrons. The minimum atomic E-state index is -0.836. The number of aryl methyl sites for hydroxylation is 1. The van der Waals surface area contributed by atoms with E-state index in [4.69, 9.17) is 20.8 Å². The van der Waals surface area contributed by atoms with E-state index in [0.717, 1.165) is 29.6 Å². The van der Waals surface area contributed by atoms with Crippen LogP contribution in [0.3, 0.4) is 0 Å². The van der Waals surface area contributed by atoms with E-state index in [1.54, 1.807) is 4.57 Å². The zero-order valence-electron chi connectivity index (χ0n) is 21.5. The molecule has 8 nitrogen and oxygen atoms in total. The molecule has 0 amide bonds. The predicted octanol–water partition coefficient (Wildman–Crippen LogP) is 5.25. The lowest BCUT2D eigenvalue weighted by Gasteiger charge is -2.29. The average molecular weight is 494 g/mol. The van der Waals surface area contributed by atoms with Crippen molar-refractivity contribution in [3.63, 3.8) is 0 Å². The maximum Gasteiger partial charge on any atom is 0.266 e. The normalized spacial score (nSPS) is 15.0. The highest BCUT2D eigenvalue weighted by molar-refractivity contribution is 5.89. The van der Waals surface area contributed by atoms with Gasteiger partial charge in [0.15, 0.2) is 5.65 Å². The van der Waals surface area contributed by atoms with E-state index in [1.165, 1.54) is 19.3 Å². The van der Waals surface area contributed by atoms with Gasteiger partial charge < -0.3 is 5.73 Å². The van der Waals surface area contributed by atoms with Gasteiger partial charge in [0.25, 0.3) is 5.56 Å². The highest BCUT2D eigenvalue weighted by atomic mass is 16.1. The Morgan fingerprint density at radius 1 is 0.919 bits per heavy atom. The first-order chi connectivity index (χ1) is 17.9. The van der Waals surface area contributed by atoms with Crippen LogP contribution in [0.25, 0.3) is 27.6 Å². The molecule has 0 aliphatic heterocycles. The second-order valence-electron chi connectivity index (χ2n) is 10.5. The second-order valence-corrected chi connectivity index (χ2v) is 10.5. The summed E-state index contributed by atoms with van der Waals surface area (Å²) in [4.78, 5) is 28.3. The molecule has 3 heterocycles. The second kappa shape index (κ2) is 8.80. The first-order valence-corrected chi connectivity index (χ1v) is 13.0. The molecule has 6 rings (SSSR count). The van der Waals surface area contributed by atoms with Gasteiger partial charge in [-0.15, -0.1) is 0 Å². The predicted molar refractivity (Wildman–Crippen MR) is 146 cm³/mol. The zero-order valence-corrected chi connectivity index (χ0v) is 21.5. The van der Waals surface area contributed by atoms with Gasteiger partial charge in [-0.05, 0) is 57.9 Å². The van der Waals surface area contributed by atoms with Crippen LogP contribution in [-0.4, -0.2) is 29.3 Å². The lowest BCUT2D eigenvalue weighted by molar-refractivity contribution is 0.359. The Balaban J connectivity index is 1.66. The molecular weight excluding hydrogens is 462 g/mol. The molecule has 1 aliphatic carbocycles. The number of benzene rings is 2. The maximum absolute atomic E-state index is 13.9. The Bertz CT molecular complexity index is 1680. The summed E-state index contributed by atoms with van der Waals surface area (Å²) in [5.41, 5.74) is 8.59. The van der Waals surface area contributed by atoms with E-state index in [-0.39, 0.29) is 5.56 Å². The van der Waals surface area contributed by atoms with Gasteiger partial charge in [-0.1, -0.05) is 49.6 Å². The van der Waals surface area contributed by atoms with Crippen LogP contribution in [0.5, 0.6) is 0 Å². The summed E-state index contributed by atoms with van der Waals surface area (Å²) in [5.74, 6) is 1.93. The summed E-state index contributed by atoms with van der Waals surface area (Å²) in [6.07, 6.45) is 5.74. The fraction of sp³-hybridized carbons (Fsp3) is 0.345. The van der Waals surface area contributed by atoms with Gasteiger partial charge in [0.05, 0.1) is 27.7 Å². The molecule has 1 fully saturated rings. The lowest BCUT2D eigenvalue weighted by Crippen LogP contribution is -2.38. The molecule has 0 unspecified atom stereocenters. The molecular formula is C29H31N7O. The molecule has 188 valence electrons. The van der Waals surface area contributed by atoms with Crippen LogP contribution >= 0.6 is 0 Å². The summed E-state index contributed by atoms with van der Waals surface area (Å²) in [6.45, 7) is 5.91. The van der Waals surface area contributed by atoms with E-state index in [1.807, 2.05) is 80.1 Å². The summed E-state index contributed by atoms with van der Waals surface area (Å²) in [7, 11) is 0. The Morgan fingerprint density at radius 3 is 2.38 bits per heavy atom. The fourth-order valence-corrected chi connectivity index (χ4v) is 5.69. The number of nitrogen functional groups attached to an aromatic ring is 1. The number of nitrogens with two attached hydrogens (primary N) is 1. The Hall–Kier alpha value is -4.07. The van der Waals surface area contributed by atoms with Crippen LogP contribution < -0.4 is 11.3 Å². The molecule has 1 saturated carbocycles. The molecule has 37 heavy (non-hydrogen) atoms. The van der Waals surface area contributed by atoms with Crippen LogP contribution in [0.15, 0.2) is 59.4 Å². The maximum atomic E-state index is 13.9. The minimum absolute atomic E-state index is 0.117. The monoisotopic (exact) mass is 493 g/mol. The van der Waals surface area contributed by atoms with Crippen LogP contribution in [-0.2, 0) is 5.54 Å². The quantitative estimate of drug-likeness (QED) is 0.367. The standard InChI is InChI=1S/C29H31N7O/c1-18-31-25(30)23-24(19-12-6-4-7-13-19)34-36(26(23)32-18)29(2,3)28-33-22-17-11-10-16-21(22)27(37)35(28)20-14-8-5-9-15-20/h5,8-11,14-17,19H,4,6-7,12-13H2,1-3H3,(H2,30,31,32). The van der Waals surface area contributed by atoms with Gasteiger partial charge in [0, 0.05) is 5.92 Å². The van der Waals surface area contributed by atoms with Crippen LogP contribution in [0, 0.1) is 6.92 Å². The van der Waals surface area contributed by atoms with E-state index in [9.17, 15) is 4.79 Å². The molecule has 2 aromatic carbocycles. The number of para-hydroxylation sites is 2. The summed E-state index contributed by atoms with van der Waals surface area (Å²) < 4.78 is 3.61. The van der Waals surface area contributed by atoms with Crippen LogP contribution in [0.1, 0.15) is 69.2 Å². The van der Waals surface area contributed by atoms with Gasteiger partial charge in [0.1, 0.15) is 23.0 Å². The first-order valence-electron chi connectivity index (χ1n) is 13.0. The number of nitrogens with zero attached hydrogens (tertiary/aromatic N) is 6. The van der Waals surface area contributed by atoms with Gasteiger partial charge in [-0.25, -0.2) is 19.6 Å². The van der Waals surface area contributed by atoms with Gasteiger partial charge in [-0.3, -0.25) is 9.36 Å². The minimum Gasteiger partial charge on any atom is -0.383 e. The molecule has 0 bridgehead atoms. The third-order valence-corrected chi connectivity index (χ3v) is 7.55. The number of rotatable bonds is 4. The highest BCUT2D eigenvalue weighted by Crippen LogP contribution is 2.39. The molecule has 8 heteroatoms. The van der Waals surface area contributed by atoms with Crippen molar-refractivity contribution < 1.29 is 0 Å². The van der Waals surface area contributed by atoms with Gasteiger partial charge >= 0.3 is 0 Å². The van der Waals surface area contributed by atoms with Crippen molar-refractivity contribution >= 4 is 27.8 Å². The molecule has 3 aromatic heterocycles. The average Bonchev–Trinajstić information content (AvgIpc) is 3.30. The Labute approximate surface area is 215 Å². The molecule has 0 spiro atoms. The molecule has 5 aromatic rings. The molecule has 1 aliphatic rings. The third kappa shape index (κ3) is 3.79. The van der Waals surface area contributed by atoms with E-state index in [0.29, 0.717) is 39.9 Å². The van der Waals surface area contributed by atoms with E-state index in [2.05, 4.69) is 4.98 Å². The zero-order chi connectivity index (χ0) is 25.7. The first kappa shape index (κ1) is 23.3. The van der Waals surface area contributed by atoms with Crippen molar-refractivity contribution in [1.29, 1.82) is 0 Å². The topological polar surface area (TPSA) is 105 Å². The van der Waals surface area contributed by atoms with E-state index < -0.39 is 5.54 Å². The van der Waals surface area contributed by atoms with Crippen molar-refractivity contribution in [2.45, 2.75) is 64.3 Å². The molecule has 2 N–H and O–H groups in total. The number of hydrogen-bond donors (Lipinski definition) is 1. The summed E-state index contributed by atoms with van der Waals surface area (Å²) in [5, 5.41) is 6.58. The summed E-state index contributed by atoms with van der Waals surface area (Å²) >= 11 is 0. The van der Waals surface area contributed by atoms with E-state index >= 15 is 0 Å². The van der Waals surface area contributed by atoms with Crippen LogP contribution in [0.4, 0.5) is 5.82 Å². The lowest BCUT2D eigenvalue weighted by atomic mass is 9.86. The number of aromatic nitrogens is 6. The Morgan fingerprint density at radius 2 is 1.62 bits per heavy atom. The number of anilines is 1. The number of fused-ring (bicyclic) bond motifs is 2. The van der Waals surface area contributed by atoms with Crippen molar-refractivity contribution in [3.8, 4) is 5.69 Å². The van der Waals surface area contributed by atoms with Gasteiger partial charge in [-0.2, -0.15) is 5.10 Å². The SMILES string of the molecule is Cc1nc(N)c2c(C3CCCCC3)nn(C(C)(C)c3nc4ccccc4c(=O)n3-c3ccccc3)c2n1.